The summed E-state index contributed by atoms with van der Waals surface area (Å²) in [5.41, 5.74) is 4.48. The number of aromatic nitrogens is 1. The number of anilines is 1. The molecule has 0 unspecified atom stereocenters. The van der Waals surface area contributed by atoms with E-state index in [-0.39, 0.29) is 24.3 Å². The number of nitrogens with one attached hydrogen (secondary N) is 1. The molecule has 7 heteroatoms. The molecule has 0 bridgehead atoms. The highest BCUT2D eigenvalue weighted by molar-refractivity contribution is 5.93. The van der Waals surface area contributed by atoms with Gasteiger partial charge in [-0.25, -0.2) is 9.18 Å². The molecule has 0 spiro atoms. The van der Waals surface area contributed by atoms with Gasteiger partial charge < -0.3 is 19.7 Å². The van der Waals surface area contributed by atoms with E-state index in [2.05, 4.69) is 9.88 Å². The van der Waals surface area contributed by atoms with Crippen molar-refractivity contribution in [2.24, 2.45) is 0 Å². The molecule has 178 valence electrons. The number of amides is 3. The minimum absolute atomic E-state index is 0.0445. The molecule has 0 radical (unpaired) electrons. The second-order valence-electron chi connectivity index (χ2n) is 8.84. The Morgan fingerprint density at radius 1 is 1.09 bits per heavy atom. The van der Waals surface area contributed by atoms with Gasteiger partial charge in [-0.1, -0.05) is 36.8 Å². The van der Waals surface area contributed by atoms with Crippen LogP contribution in [0.15, 0.2) is 60.8 Å². The predicted molar refractivity (Wildman–Crippen MR) is 131 cm³/mol. The smallest absolute Gasteiger partial charge is 0.322 e. The molecular weight excluding hydrogens is 431 g/mol. The van der Waals surface area contributed by atoms with Crippen molar-refractivity contribution in [2.45, 2.75) is 39.8 Å². The highest BCUT2D eigenvalue weighted by Crippen LogP contribution is 2.33. The number of halogens is 1. The number of fused-ring (bicyclic) bond motifs is 1. The number of hydrogen-bond donors (Lipinski definition) is 1. The fraction of sp³-hybridized carbons (Fsp3) is 0.333. The normalized spacial score (nSPS) is 15.1. The molecule has 1 aliphatic rings. The van der Waals surface area contributed by atoms with Gasteiger partial charge >= 0.3 is 6.03 Å². The number of carbonyl (C=O) groups is 2. The number of urea groups is 1. The van der Waals surface area contributed by atoms with E-state index in [0.717, 1.165) is 34.5 Å². The zero-order valence-electron chi connectivity index (χ0n) is 19.9. The quantitative estimate of drug-likeness (QED) is 0.553. The lowest BCUT2D eigenvalue weighted by Crippen LogP contribution is -2.49. The third-order valence-corrected chi connectivity index (χ3v) is 6.25. The van der Waals surface area contributed by atoms with Crippen LogP contribution in [-0.4, -0.2) is 45.9 Å². The van der Waals surface area contributed by atoms with Crippen molar-refractivity contribution in [3.05, 3.63) is 89.0 Å². The lowest BCUT2D eigenvalue weighted by atomic mass is 9.99. The Hall–Kier alpha value is -3.61. The largest absolute Gasteiger partial charge is 0.348 e. The standard InChI is InChI=1S/C27H31FN4O2/c1-4-12-31(27(34)29-23-11-10-19(2)16-20(23)3)18-25(33)32-15-14-30-13-6-9-24(30)26(32)21-7-5-8-22(28)17-21/h5-11,13,16-17,26H,4,12,14-15,18H2,1-3H3,(H,29,34)/t26-/m0/s1. The lowest BCUT2D eigenvalue weighted by Gasteiger charge is -2.38. The Kier molecular flexibility index (Phi) is 7.01. The van der Waals surface area contributed by atoms with Crippen LogP contribution < -0.4 is 5.32 Å². The first-order valence-corrected chi connectivity index (χ1v) is 11.7. The first-order chi connectivity index (χ1) is 16.4. The summed E-state index contributed by atoms with van der Waals surface area (Å²) in [4.78, 5) is 30.0. The molecule has 1 atom stereocenters. The first kappa shape index (κ1) is 23.5. The van der Waals surface area contributed by atoms with Gasteiger partial charge in [0.1, 0.15) is 12.4 Å². The summed E-state index contributed by atoms with van der Waals surface area (Å²) in [5.74, 6) is -0.500. The Bertz CT molecular complexity index is 1190. The SMILES string of the molecule is CCCN(CC(=O)N1CCn2cccc2[C@@H]1c1cccc(F)c1)C(=O)Nc1ccc(C)cc1C. The van der Waals surface area contributed by atoms with Crippen LogP contribution in [-0.2, 0) is 11.3 Å². The molecule has 1 aromatic heterocycles. The molecule has 2 heterocycles. The fourth-order valence-corrected chi connectivity index (χ4v) is 4.60. The number of carbonyl (C=O) groups excluding carboxylic acids is 2. The summed E-state index contributed by atoms with van der Waals surface area (Å²) >= 11 is 0. The minimum Gasteiger partial charge on any atom is -0.348 e. The summed E-state index contributed by atoms with van der Waals surface area (Å²) in [7, 11) is 0. The third-order valence-electron chi connectivity index (χ3n) is 6.25. The molecule has 0 fully saturated rings. The Morgan fingerprint density at radius 3 is 2.65 bits per heavy atom. The molecule has 34 heavy (non-hydrogen) atoms. The van der Waals surface area contributed by atoms with Crippen LogP contribution in [0.2, 0.25) is 0 Å². The number of aryl methyl sites for hydroxylation is 2. The van der Waals surface area contributed by atoms with Crippen molar-refractivity contribution in [3.8, 4) is 0 Å². The van der Waals surface area contributed by atoms with Crippen LogP contribution in [0.1, 0.15) is 41.8 Å². The van der Waals surface area contributed by atoms with E-state index in [1.54, 1.807) is 15.9 Å². The maximum absolute atomic E-state index is 14.1. The minimum atomic E-state index is -0.405. The first-order valence-electron chi connectivity index (χ1n) is 11.7. The van der Waals surface area contributed by atoms with Gasteiger partial charge in [-0.2, -0.15) is 0 Å². The second-order valence-corrected chi connectivity index (χ2v) is 8.84. The van der Waals surface area contributed by atoms with Gasteiger partial charge in [0.15, 0.2) is 0 Å². The van der Waals surface area contributed by atoms with Gasteiger partial charge in [0.25, 0.3) is 0 Å². The van der Waals surface area contributed by atoms with Crippen molar-refractivity contribution in [2.75, 3.05) is 25.0 Å². The highest BCUT2D eigenvalue weighted by atomic mass is 19.1. The number of benzene rings is 2. The van der Waals surface area contributed by atoms with E-state index in [1.165, 1.54) is 12.1 Å². The number of rotatable bonds is 6. The molecule has 0 saturated carbocycles. The average molecular weight is 463 g/mol. The van der Waals surface area contributed by atoms with E-state index in [4.69, 9.17) is 0 Å². The van der Waals surface area contributed by atoms with Crippen molar-refractivity contribution >= 4 is 17.6 Å². The van der Waals surface area contributed by atoms with Crippen LogP contribution in [0.25, 0.3) is 0 Å². The van der Waals surface area contributed by atoms with Crippen LogP contribution >= 0.6 is 0 Å². The van der Waals surface area contributed by atoms with Crippen LogP contribution in [0, 0.1) is 19.7 Å². The lowest BCUT2D eigenvalue weighted by molar-refractivity contribution is -0.134. The second kappa shape index (κ2) is 10.1. The zero-order chi connectivity index (χ0) is 24.2. The van der Waals surface area contributed by atoms with E-state index >= 15 is 0 Å². The topological polar surface area (TPSA) is 57.6 Å². The van der Waals surface area contributed by atoms with Gasteiger partial charge in [0.2, 0.25) is 5.91 Å². The molecule has 0 saturated heterocycles. The van der Waals surface area contributed by atoms with Gasteiger partial charge in [-0.05, 0) is 61.7 Å². The van der Waals surface area contributed by atoms with Crippen LogP contribution in [0.3, 0.4) is 0 Å². The van der Waals surface area contributed by atoms with Gasteiger partial charge in [-0.15, -0.1) is 0 Å². The van der Waals surface area contributed by atoms with Gasteiger partial charge in [0, 0.05) is 37.2 Å². The molecule has 0 aliphatic carbocycles. The van der Waals surface area contributed by atoms with Crippen molar-refractivity contribution in [1.29, 1.82) is 0 Å². The Morgan fingerprint density at radius 2 is 1.91 bits per heavy atom. The van der Waals surface area contributed by atoms with Crippen molar-refractivity contribution < 1.29 is 14.0 Å². The van der Waals surface area contributed by atoms with E-state index in [0.29, 0.717) is 19.6 Å². The molecule has 4 rings (SSSR count). The average Bonchev–Trinajstić information content (AvgIpc) is 3.28. The van der Waals surface area contributed by atoms with Crippen molar-refractivity contribution in [3.63, 3.8) is 0 Å². The molecule has 1 N–H and O–H groups in total. The zero-order valence-corrected chi connectivity index (χ0v) is 19.9. The monoisotopic (exact) mass is 462 g/mol. The van der Waals surface area contributed by atoms with Crippen molar-refractivity contribution in [1.82, 2.24) is 14.4 Å². The predicted octanol–water partition coefficient (Wildman–Crippen LogP) is 5.12. The Balaban J connectivity index is 1.56. The summed E-state index contributed by atoms with van der Waals surface area (Å²) in [6.07, 6.45) is 2.70. The van der Waals surface area contributed by atoms with Crippen LogP contribution in [0.4, 0.5) is 14.9 Å². The van der Waals surface area contributed by atoms with Gasteiger partial charge in [0.05, 0.1) is 6.04 Å². The summed E-state index contributed by atoms with van der Waals surface area (Å²) < 4.78 is 16.2. The number of nitrogens with zero attached hydrogens (tertiary/aromatic N) is 3. The highest BCUT2D eigenvalue weighted by Gasteiger charge is 2.33. The fourth-order valence-electron chi connectivity index (χ4n) is 4.60. The molecule has 2 aromatic carbocycles. The van der Waals surface area contributed by atoms with Crippen LogP contribution in [0.5, 0.6) is 0 Å². The summed E-state index contributed by atoms with van der Waals surface area (Å²) in [5, 5.41) is 2.96. The third kappa shape index (κ3) is 4.98. The molecule has 1 aliphatic heterocycles. The van der Waals surface area contributed by atoms with E-state index in [1.807, 2.05) is 63.4 Å². The molecule has 3 amide bonds. The maximum Gasteiger partial charge on any atom is 0.322 e. The van der Waals surface area contributed by atoms with E-state index in [9.17, 15) is 14.0 Å². The van der Waals surface area contributed by atoms with Gasteiger partial charge in [-0.3, -0.25) is 4.79 Å². The molecule has 6 nitrogen and oxygen atoms in total. The maximum atomic E-state index is 14.1. The summed E-state index contributed by atoms with van der Waals surface area (Å²) in [6, 6.07) is 15.4. The summed E-state index contributed by atoms with van der Waals surface area (Å²) in [6.45, 7) is 7.48. The molecular formula is C27H31FN4O2. The number of hydrogen-bond acceptors (Lipinski definition) is 2. The van der Waals surface area contributed by atoms with E-state index < -0.39 is 6.04 Å². The Labute approximate surface area is 200 Å². The molecule has 3 aromatic rings.